The number of nitrogens with zero attached hydrogens (tertiary/aromatic N) is 1. The molecule has 80 valence electrons. The summed E-state index contributed by atoms with van der Waals surface area (Å²) in [5, 5.41) is 8.77. The zero-order valence-corrected chi connectivity index (χ0v) is 8.18. The Kier molecular flexibility index (Phi) is 2.94. The monoisotopic (exact) mass is 207 g/mol. The Balaban J connectivity index is 2.11. The number of carboxylic acids is 1. The Labute approximate surface area is 87.5 Å². The number of pyridine rings is 1. The van der Waals surface area contributed by atoms with Gasteiger partial charge in [0, 0.05) is 24.9 Å². The fourth-order valence-electron chi connectivity index (χ4n) is 1.87. The van der Waals surface area contributed by atoms with Gasteiger partial charge in [-0.25, -0.2) is 5.43 Å². The minimum Gasteiger partial charge on any atom is -0.481 e. The molecule has 0 radical (unpaired) electrons. The summed E-state index contributed by atoms with van der Waals surface area (Å²) in [5.41, 5.74) is 7.08. The number of aromatic nitrogens is 1. The zero-order valence-electron chi connectivity index (χ0n) is 8.18. The minimum absolute atomic E-state index is 0.0369. The van der Waals surface area contributed by atoms with Gasteiger partial charge in [-0.05, 0) is 11.6 Å². The van der Waals surface area contributed by atoms with Crippen LogP contribution in [0.1, 0.15) is 18.0 Å². The van der Waals surface area contributed by atoms with E-state index in [1.807, 2.05) is 12.1 Å². The van der Waals surface area contributed by atoms with E-state index in [0.29, 0.717) is 6.54 Å². The highest BCUT2D eigenvalue weighted by molar-refractivity contribution is 5.67. The maximum Gasteiger partial charge on any atom is 0.303 e. The van der Waals surface area contributed by atoms with Crippen molar-refractivity contribution < 1.29 is 9.90 Å². The molecule has 0 aromatic carbocycles. The van der Waals surface area contributed by atoms with Gasteiger partial charge in [0.2, 0.25) is 0 Å². The van der Waals surface area contributed by atoms with Gasteiger partial charge in [-0.15, -0.1) is 0 Å². The number of carbonyl (C=O) groups is 1. The molecule has 5 nitrogen and oxygen atoms in total. The quantitative estimate of drug-likeness (QED) is 0.665. The number of hydrazine groups is 1. The minimum atomic E-state index is -0.764. The maximum absolute atomic E-state index is 10.7. The summed E-state index contributed by atoms with van der Waals surface area (Å²) in [6.45, 7) is 0.672. The molecular formula is C10H13N3O2. The third-order valence-electron chi connectivity index (χ3n) is 2.57. The maximum atomic E-state index is 10.7. The van der Waals surface area contributed by atoms with Crippen molar-refractivity contribution >= 4 is 5.97 Å². The number of hydrogen-bond donors (Lipinski definition) is 3. The summed E-state index contributed by atoms with van der Waals surface area (Å²) in [6.07, 6.45) is 3.64. The lowest BCUT2D eigenvalue weighted by atomic mass is 9.93. The van der Waals surface area contributed by atoms with Crippen molar-refractivity contribution in [3.05, 3.63) is 30.1 Å². The Hall–Kier alpha value is -1.46. The molecule has 0 bridgehead atoms. The van der Waals surface area contributed by atoms with Gasteiger partial charge in [0.15, 0.2) is 0 Å². The zero-order chi connectivity index (χ0) is 10.7. The third-order valence-corrected chi connectivity index (χ3v) is 2.57. The Morgan fingerprint density at radius 1 is 1.67 bits per heavy atom. The summed E-state index contributed by atoms with van der Waals surface area (Å²) in [5.74, 6) is -0.689. The highest BCUT2D eigenvalue weighted by Gasteiger charge is 2.29. The van der Waals surface area contributed by atoms with Crippen LogP contribution in [0.5, 0.6) is 0 Å². The topological polar surface area (TPSA) is 74.2 Å². The van der Waals surface area contributed by atoms with Crippen LogP contribution in [0, 0.1) is 5.92 Å². The summed E-state index contributed by atoms with van der Waals surface area (Å²) >= 11 is 0. The molecule has 5 heteroatoms. The largest absolute Gasteiger partial charge is 0.481 e. The lowest BCUT2D eigenvalue weighted by Crippen LogP contribution is -2.25. The van der Waals surface area contributed by atoms with Crippen molar-refractivity contribution in [1.29, 1.82) is 0 Å². The van der Waals surface area contributed by atoms with Crippen molar-refractivity contribution in [3.63, 3.8) is 0 Å². The molecule has 1 aromatic rings. The van der Waals surface area contributed by atoms with Crippen LogP contribution in [0.2, 0.25) is 0 Å². The second-order valence-electron chi connectivity index (χ2n) is 3.65. The Bertz CT molecular complexity index is 342. The van der Waals surface area contributed by atoms with Crippen molar-refractivity contribution in [2.75, 3.05) is 6.54 Å². The average Bonchev–Trinajstić information content (AvgIpc) is 2.66. The lowest BCUT2D eigenvalue weighted by Gasteiger charge is -2.16. The molecule has 1 aromatic heterocycles. The molecule has 0 spiro atoms. The first-order chi connectivity index (χ1) is 7.27. The van der Waals surface area contributed by atoms with E-state index in [1.165, 1.54) is 0 Å². The molecule has 15 heavy (non-hydrogen) atoms. The molecule has 2 unspecified atom stereocenters. The second-order valence-corrected chi connectivity index (χ2v) is 3.65. The van der Waals surface area contributed by atoms with E-state index in [1.54, 1.807) is 12.4 Å². The lowest BCUT2D eigenvalue weighted by molar-refractivity contribution is -0.138. The van der Waals surface area contributed by atoms with E-state index in [4.69, 9.17) is 5.11 Å². The summed E-state index contributed by atoms with van der Waals surface area (Å²) < 4.78 is 0. The van der Waals surface area contributed by atoms with Gasteiger partial charge in [-0.1, -0.05) is 6.07 Å². The number of nitrogens with one attached hydrogen (secondary N) is 2. The number of aliphatic carboxylic acids is 1. The summed E-state index contributed by atoms with van der Waals surface area (Å²) in [6, 6.07) is 3.84. The predicted molar refractivity (Wildman–Crippen MR) is 53.9 cm³/mol. The van der Waals surface area contributed by atoms with E-state index >= 15 is 0 Å². The van der Waals surface area contributed by atoms with Gasteiger partial charge < -0.3 is 5.11 Å². The highest BCUT2D eigenvalue weighted by atomic mass is 16.4. The molecule has 1 aliphatic rings. The molecule has 1 saturated heterocycles. The van der Waals surface area contributed by atoms with Crippen molar-refractivity contribution in [2.24, 2.45) is 5.92 Å². The highest BCUT2D eigenvalue weighted by Crippen LogP contribution is 2.26. The van der Waals surface area contributed by atoms with Gasteiger partial charge in [-0.3, -0.25) is 15.2 Å². The fraction of sp³-hybridized carbons (Fsp3) is 0.400. The van der Waals surface area contributed by atoms with Crippen LogP contribution >= 0.6 is 0 Å². The molecule has 1 aliphatic heterocycles. The van der Waals surface area contributed by atoms with E-state index in [9.17, 15) is 4.79 Å². The first kappa shape index (κ1) is 10.1. The summed E-state index contributed by atoms with van der Waals surface area (Å²) in [4.78, 5) is 14.7. The first-order valence-corrected chi connectivity index (χ1v) is 4.87. The van der Waals surface area contributed by atoms with Gasteiger partial charge in [0.05, 0.1) is 12.5 Å². The van der Waals surface area contributed by atoms with Crippen LogP contribution in [0.4, 0.5) is 0 Å². The molecule has 1 fully saturated rings. The molecular weight excluding hydrogens is 194 g/mol. The third kappa shape index (κ3) is 2.31. The van der Waals surface area contributed by atoms with E-state index < -0.39 is 5.97 Å². The molecule has 0 amide bonds. The Morgan fingerprint density at radius 2 is 2.53 bits per heavy atom. The van der Waals surface area contributed by atoms with Crippen molar-refractivity contribution in [2.45, 2.75) is 12.5 Å². The normalized spacial score (nSPS) is 25.3. The van der Waals surface area contributed by atoms with E-state index in [-0.39, 0.29) is 18.4 Å². The molecule has 2 atom stereocenters. The van der Waals surface area contributed by atoms with Crippen LogP contribution in [0.3, 0.4) is 0 Å². The molecule has 0 saturated carbocycles. The van der Waals surface area contributed by atoms with Crippen molar-refractivity contribution in [1.82, 2.24) is 15.8 Å². The van der Waals surface area contributed by atoms with E-state index in [0.717, 1.165) is 5.56 Å². The fourth-order valence-corrected chi connectivity index (χ4v) is 1.87. The number of hydrogen-bond acceptors (Lipinski definition) is 4. The van der Waals surface area contributed by atoms with Crippen LogP contribution in [0.15, 0.2) is 24.5 Å². The number of carboxylic acid groups (broad SMARTS) is 1. The van der Waals surface area contributed by atoms with Gasteiger partial charge in [0.1, 0.15) is 0 Å². The van der Waals surface area contributed by atoms with Gasteiger partial charge >= 0.3 is 5.97 Å². The standard InChI is InChI=1S/C10H13N3O2/c14-9(15)4-8-6-12-13-10(8)7-2-1-3-11-5-7/h1-3,5,8,10,12-13H,4,6H2,(H,14,15). The van der Waals surface area contributed by atoms with E-state index in [2.05, 4.69) is 15.8 Å². The summed E-state index contributed by atoms with van der Waals surface area (Å²) in [7, 11) is 0. The first-order valence-electron chi connectivity index (χ1n) is 4.87. The van der Waals surface area contributed by atoms with Crippen LogP contribution < -0.4 is 10.9 Å². The van der Waals surface area contributed by atoms with Crippen LogP contribution in [-0.4, -0.2) is 22.6 Å². The van der Waals surface area contributed by atoms with Crippen LogP contribution in [-0.2, 0) is 4.79 Å². The number of rotatable bonds is 3. The predicted octanol–water partition coefficient (Wildman–Crippen LogP) is 0.321. The molecule has 2 heterocycles. The Morgan fingerprint density at radius 3 is 3.20 bits per heavy atom. The van der Waals surface area contributed by atoms with Crippen LogP contribution in [0.25, 0.3) is 0 Å². The molecule has 3 N–H and O–H groups in total. The van der Waals surface area contributed by atoms with Crippen molar-refractivity contribution in [3.8, 4) is 0 Å². The molecule has 2 rings (SSSR count). The smallest absolute Gasteiger partial charge is 0.303 e. The van der Waals surface area contributed by atoms with Gasteiger partial charge in [0.25, 0.3) is 0 Å². The molecule has 0 aliphatic carbocycles. The SMILES string of the molecule is O=C(O)CC1CNNC1c1cccnc1. The van der Waals surface area contributed by atoms with Gasteiger partial charge in [-0.2, -0.15) is 0 Å². The average molecular weight is 207 g/mol. The second kappa shape index (κ2) is 4.37.